The number of para-hydroxylation sites is 2. The molecule has 14 heteroatoms. The van der Waals surface area contributed by atoms with Gasteiger partial charge in [0.25, 0.3) is 11.8 Å². The molecule has 0 fully saturated rings. The van der Waals surface area contributed by atoms with E-state index in [2.05, 4.69) is 81.0 Å². The number of hydrogen-bond acceptors (Lipinski definition) is 11. The van der Waals surface area contributed by atoms with Crippen molar-refractivity contribution in [1.29, 1.82) is 0 Å². The Hall–Kier alpha value is -9.17. The maximum absolute atomic E-state index is 13.0. The number of carbonyl (C=O) groups is 2. The lowest BCUT2D eigenvalue weighted by molar-refractivity contribution is -0.538. The molecule has 0 saturated heterocycles. The molecule has 7 aromatic carbocycles. The quantitative estimate of drug-likeness (QED) is 0.0112. The van der Waals surface area contributed by atoms with Crippen LogP contribution in [0.15, 0.2) is 174 Å². The zero-order valence-electron chi connectivity index (χ0n) is 44.2. The van der Waals surface area contributed by atoms with Crippen LogP contribution in [-0.2, 0) is 0 Å². The van der Waals surface area contributed by atoms with E-state index in [1.807, 2.05) is 97.1 Å². The number of phenolic OH excluding ortho intramolecular Hbond substituents is 2. The van der Waals surface area contributed by atoms with Gasteiger partial charge in [0, 0.05) is 90.8 Å². The number of rotatable bonds is 21. The Morgan fingerprint density at radius 3 is 1.77 bits per heavy atom. The second-order valence-electron chi connectivity index (χ2n) is 20.2. The number of allylic oxidation sites excluding steroid dienone is 1. The van der Waals surface area contributed by atoms with Crippen molar-refractivity contribution in [3.05, 3.63) is 186 Å². The van der Waals surface area contributed by atoms with Gasteiger partial charge in [-0.25, -0.2) is 9.98 Å². The Bertz CT molecular complexity index is 3580. The molecule has 0 saturated carbocycles. The number of benzene rings is 7. The molecule has 396 valence electrons. The van der Waals surface area contributed by atoms with Crippen molar-refractivity contribution >= 4 is 73.7 Å². The minimum absolute atomic E-state index is 0.0137. The van der Waals surface area contributed by atoms with Gasteiger partial charge in [-0.05, 0) is 122 Å². The van der Waals surface area contributed by atoms with E-state index in [1.165, 1.54) is 0 Å². The molecule has 78 heavy (non-hydrogen) atoms. The number of nitrogen functional groups attached to an aromatic ring is 2. The van der Waals surface area contributed by atoms with Crippen molar-refractivity contribution in [3.8, 4) is 28.3 Å². The van der Waals surface area contributed by atoms with Gasteiger partial charge in [-0.1, -0.05) is 86.3 Å². The number of aromatic nitrogens is 2. The first kappa shape index (κ1) is 52.3. The molecule has 0 spiro atoms. The fraction of sp³-hybridized carbons (Fsp3) is 0.234. The highest BCUT2D eigenvalue weighted by molar-refractivity contribution is 6.11. The summed E-state index contributed by atoms with van der Waals surface area (Å²) in [5.41, 5.74) is 28.0. The van der Waals surface area contributed by atoms with E-state index in [1.54, 1.807) is 24.3 Å². The van der Waals surface area contributed by atoms with Crippen LogP contribution < -0.4 is 42.2 Å². The molecule has 0 bridgehead atoms. The number of aryl methyl sites for hydroxylation is 1. The Balaban J connectivity index is 0.613. The number of aliphatic imine (C=N–C) groups is 1. The number of amides is 2. The molecule has 10 rings (SSSR count). The van der Waals surface area contributed by atoms with Gasteiger partial charge in [0.05, 0.1) is 34.5 Å². The molecule has 1 aromatic heterocycles. The van der Waals surface area contributed by atoms with Crippen molar-refractivity contribution in [3.63, 3.8) is 0 Å². The third-order valence-corrected chi connectivity index (χ3v) is 14.6. The number of phenols is 2. The van der Waals surface area contributed by atoms with Crippen molar-refractivity contribution < 1.29 is 24.4 Å². The average Bonchev–Trinajstić information content (AvgIpc) is 3.60. The van der Waals surface area contributed by atoms with Crippen molar-refractivity contribution in [2.75, 3.05) is 47.9 Å². The number of aromatic hydroxyl groups is 2. The summed E-state index contributed by atoms with van der Waals surface area (Å²) in [7, 11) is 0. The molecule has 8 aromatic rings. The van der Waals surface area contributed by atoms with Crippen LogP contribution in [0.5, 0.6) is 11.5 Å². The van der Waals surface area contributed by atoms with E-state index in [0.717, 1.165) is 137 Å². The first-order valence-corrected chi connectivity index (χ1v) is 27.0. The van der Waals surface area contributed by atoms with Crippen LogP contribution in [0.3, 0.4) is 0 Å². The highest BCUT2D eigenvalue weighted by Gasteiger charge is 2.33. The van der Waals surface area contributed by atoms with E-state index < -0.39 is 0 Å². The Morgan fingerprint density at radius 2 is 1.14 bits per heavy atom. The number of hydrogen-bond donors (Lipinski definition) is 8. The topological polar surface area (TPSA) is 207 Å². The monoisotopic (exact) mass is 1040 g/mol. The zero-order chi connectivity index (χ0) is 54.1. The fourth-order valence-electron chi connectivity index (χ4n) is 10.3. The van der Waals surface area contributed by atoms with E-state index in [4.69, 9.17) is 21.4 Å². The van der Waals surface area contributed by atoms with Crippen LogP contribution in [0.2, 0.25) is 0 Å². The largest absolute Gasteiger partial charge is 0.506 e. The van der Waals surface area contributed by atoms with Crippen molar-refractivity contribution in [1.82, 2.24) is 20.9 Å². The van der Waals surface area contributed by atoms with Gasteiger partial charge in [-0.3, -0.25) is 9.59 Å². The predicted molar refractivity (Wildman–Crippen MR) is 315 cm³/mol. The fourth-order valence-corrected chi connectivity index (χ4v) is 10.3. The highest BCUT2D eigenvalue weighted by Crippen LogP contribution is 2.45. The average molecular weight is 1040 g/mol. The number of anilines is 5. The van der Waals surface area contributed by atoms with E-state index in [9.17, 15) is 19.8 Å². The molecule has 1 atom stereocenters. The summed E-state index contributed by atoms with van der Waals surface area (Å²) in [6, 6.07) is 46.3. The first-order valence-electron chi connectivity index (χ1n) is 27.0. The summed E-state index contributed by atoms with van der Waals surface area (Å²) in [6.45, 7) is 7.01. The summed E-state index contributed by atoms with van der Waals surface area (Å²) < 4.78 is 2.14. The number of carbonyl (C=O) groups excluding carboxylic acids is 2. The lowest BCUT2D eigenvalue weighted by Gasteiger charge is -2.38. The normalized spacial score (nSPS) is 13.7. The third kappa shape index (κ3) is 11.8. The Labute approximate surface area is 455 Å². The molecule has 2 amide bonds. The minimum Gasteiger partial charge on any atom is -0.506 e. The smallest absolute Gasteiger partial charge is 0.251 e. The number of nitrogens with one attached hydrogen (secondary N) is 4. The zero-order valence-corrected chi connectivity index (χ0v) is 44.2. The minimum atomic E-state index is -0.136. The molecular weight excluding hydrogens is 973 g/mol. The molecular formula is C64H67N10O4+. The van der Waals surface area contributed by atoms with Crippen LogP contribution >= 0.6 is 0 Å². The predicted octanol–water partition coefficient (Wildman–Crippen LogP) is 11.6. The summed E-state index contributed by atoms with van der Waals surface area (Å²) in [4.78, 5) is 38.1. The second kappa shape index (κ2) is 23.8. The van der Waals surface area contributed by atoms with Gasteiger partial charge in [0.2, 0.25) is 16.7 Å². The number of nitrogens with zero attached hydrogens (tertiary/aromatic N) is 4. The van der Waals surface area contributed by atoms with Gasteiger partial charge in [0.15, 0.2) is 0 Å². The second-order valence-corrected chi connectivity index (χ2v) is 20.2. The molecule has 14 nitrogen and oxygen atoms in total. The Morgan fingerprint density at radius 1 is 0.603 bits per heavy atom. The van der Waals surface area contributed by atoms with Crippen molar-refractivity contribution in [2.45, 2.75) is 71.3 Å². The van der Waals surface area contributed by atoms with Gasteiger partial charge >= 0.3 is 0 Å². The highest BCUT2D eigenvalue weighted by atomic mass is 16.3. The summed E-state index contributed by atoms with van der Waals surface area (Å²) in [6.07, 6.45) is 12.2. The third-order valence-electron chi connectivity index (χ3n) is 14.6. The van der Waals surface area contributed by atoms with Crippen molar-refractivity contribution in [2.24, 2.45) is 4.99 Å². The lowest BCUT2D eigenvalue weighted by Crippen LogP contribution is -2.41. The van der Waals surface area contributed by atoms with E-state index in [-0.39, 0.29) is 29.4 Å². The molecule has 10 N–H and O–H groups in total. The molecule has 2 heterocycles. The van der Waals surface area contributed by atoms with Crippen LogP contribution in [0.25, 0.3) is 38.9 Å². The van der Waals surface area contributed by atoms with Crippen LogP contribution in [0.1, 0.15) is 84.6 Å². The first-order chi connectivity index (χ1) is 38.0. The molecule has 1 aliphatic carbocycles. The standard InChI is InChI=1S/C64H66N10O4/c1-41-33-53-59(73(47-17-9-7-10-18-47)57-35-49(65)61(75)39-55(57)71-53)37-51(41)67-29-13-3-5-15-31-69-63(77)45-25-21-43(22-26-45)44-23-27-46(28-24-44)64(78)70-32-16-6-4-14-30-68-52-38-60-54(34-42(52)2)72-56-40-62(76)50(66)36-58(56)74(60)48-19-11-8-12-20-48/h7-12,17-28,33-40,59,67H,3-6,13-16,29-32H2,1-2H3,(H8,65,66,68,69,70,72,75,76,77,78)/p+1. The van der Waals surface area contributed by atoms with Gasteiger partial charge < -0.3 is 47.8 Å². The maximum atomic E-state index is 13.0. The van der Waals surface area contributed by atoms with Gasteiger partial charge in [-0.2, -0.15) is 0 Å². The molecule has 1 aliphatic heterocycles. The molecule has 0 radical (unpaired) electrons. The summed E-state index contributed by atoms with van der Waals surface area (Å²) in [5.74, 6) is -0.147. The van der Waals surface area contributed by atoms with Gasteiger partial charge in [-0.15, -0.1) is 4.57 Å². The number of fused-ring (bicyclic) bond motifs is 4. The van der Waals surface area contributed by atoms with Crippen LogP contribution in [0, 0.1) is 6.92 Å². The number of unbranched alkanes of at least 4 members (excludes halogenated alkanes) is 6. The lowest BCUT2D eigenvalue weighted by atomic mass is 9.94. The molecule has 2 aliphatic rings. The van der Waals surface area contributed by atoms with Gasteiger partial charge in [0.1, 0.15) is 22.5 Å². The van der Waals surface area contributed by atoms with E-state index in [0.29, 0.717) is 46.8 Å². The maximum Gasteiger partial charge on any atom is 0.251 e. The number of nitrogens with two attached hydrogens (primary N) is 2. The van der Waals surface area contributed by atoms with E-state index >= 15 is 0 Å². The van der Waals surface area contributed by atoms with Crippen LogP contribution in [-0.4, -0.2) is 64.9 Å². The summed E-state index contributed by atoms with van der Waals surface area (Å²) in [5, 5.41) is 34.1. The Kier molecular flexibility index (Phi) is 15.9. The molecule has 1 unspecified atom stereocenters. The SMILES string of the molecule is CC1=CC2=Nc3cc(O)c(N)cc3N(c3ccccc3)C2C=C1NCCCCCCNC(=O)c1ccc(-c2ccc(C(=O)NCCCCCCNc3cc4c(cc3C)nc3cc(O)c(N)cc3[n+]4-c3ccccc3)cc2)cc1. The summed E-state index contributed by atoms with van der Waals surface area (Å²) >= 11 is 0. The van der Waals surface area contributed by atoms with Crippen LogP contribution in [0.4, 0.5) is 34.1 Å².